The van der Waals surface area contributed by atoms with Crippen molar-refractivity contribution in [3.05, 3.63) is 45.0 Å². The Bertz CT molecular complexity index is 634. The van der Waals surface area contributed by atoms with Gasteiger partial charge in [-0.05, 0) is 43.7 Å². The molecule has 6 heteroatoms. The van der Waals surface area contributed by atoms with Crippen molar-refractivity contribution >= 4 is 56.2 Å². The minimum Gasteiger partial charge on any atom is -0.464 e. The number of carbonyl (C=O) groups excluding carboxylic acids is 1. The fourth-order valence-electron chi connectivity index (χ4n) is 1.48. The maximum Gasteiger partial charge on any atom is 0.263 e. The number of ether oxygens (including phenoxy) is 1. The molecule has 1 fully saturated rings. The zero-order chi connectivity index (χ0) is 14.7. The number of thiocarbonyl (C=S) groups is 1. The van der Waals surface area contributed by atoms with Crippen LogP contribution in [-0.4, -0.2) is 10.2 Å². The van der Waals surface area contributed by atoms with E-state index in [-0.39, 0.29) is 5.91 Å². The van der Waals surface area contributed by atoms with E-state index in [1.807, 2.05) is 32.0 Å². The number of carbonyl (C=O) groups is 1. The van der Waals surface area contributed by atoms with Gasteiger partial charge in [-0.15, -0.1) is 0 Å². The number of thioether (sulfide) groups is 1. The lowest BCUT2D eigenvalue weighted by molar-refractivity contribution is -0.115. The van der Waals surface area contributed by atoms with Gasteiger partial charge in [0, 0.05) is 10.0 Å². The van der Waals surface area contributed by atoms with E-state index in [4.69, 9.17) is 17.0 Å². The van der Waals surface area contributed by atoms with E-state index < -0.39 is 0 Å². The van der Waals surface area contributed by atoms with Crippen LogP contribution < -0.4 is 10.1 Å². The van der Waals surface area contributed by atoms with Crippen LogP contribution in [0.5, 0.6) is 5.75 Å². The van der Waals surface area contributed by atoms with Gasteiger partial charge in [-0.1, -0.05) is 39.9 Å². The lowest BCUT2D eigenvalue weighted by Crippen LogP contribution is -2.17. The Morgan fingerprint density at radius 3 is 2.80 bits per heavy atom. The lowest BCUT2D eigenvalue weighted by Gasteiger charge is -2.07. The number of halogens is 1. The summed E-state index contributed by atoms with van der Waals surface area (Å²) in [4.78, 5) is 12.3. The van der Waals surface area contributed by atoms with Crippen molar-refractivity contribution in [2.24, 2.45) is 0 Å². The Hall–Kier alpha value is -1.11. The molecule has 1 N–H and O–H groups in total. The number of allylic oxidation sites excluding steroid dienone is 1. The highest BCUT2D eigenvalue weighted by molar-refractivity contribution is 9.10. The van der Waals surface area contributed by atoms with Crippen LogP contribution in [0.4, 0.5) is 0 Å². The first kappa shape index (κ1) is 15.3. The molecule has 1 saturated heterocycles. The highest BCUT2D eigenvalue weighted by Gasteiger charge is 2.22. The first-order chi connectivity index (χ1) is 9.45. The highest BCUT2D eigenvalue weighted by Crippen LogP contribution is 2.31. The Kier molecular flexibility index (Phi) is 5.01. The fourth-order valence-corrected chi connectivity index (χ4v) is 2.90. The van der Waals surface area contributed by atoms with Gasteiger partial charge in [-0.3, -0.25) is 4.79 Å². The minimum absolute atomic E-state index is 0.173. The van der Waals surface area contributed by atoms with E-state index in [0.29, 0.717) is 15.0 Å². The summed E-state index contributed by atoms with van der Waals surface area (Å²) in [7, 11) is 0. The van der Waals surface area contributed by atoms with Crippen LogP contribution in [0.1, 0.15) is 19.4 Å². The SMILES string of the molecule is CC(C)=COc1ccc(Br)cc1C=C1SC(=S)NC1=O. The lowest BCUT2D eigenvalue weighted by atomic mass is 10.2. The summed E-state index contributed by atoms with van der Waals surface area (Å²) in [5, 5.41) is 2.59. The predicted molar refractivity (Wildman–Crippen MR) is 90.5 cm³/mol. The third-order valence-electron chi connectivity index (χ3n) is 2.32. The maximum atomic E-state index is 11.7. The largest absolute Gasteiger partial charge is 0.464 e. The van der Waals surface area contributed by atoms with E-state index in [1.54, 1.807) is 12.3 Å². The van der Waals surface area contributed by atoms with Crippen LogP contribution in [0.2, 0.25) is 0 Å². The van der Waals surface area contributed by atoms with Gasteiger partial charge in [0.15, 0.2) is 0 Å². The Labute approximate surface area is 135 Å². The Morgan fingerprint density at radius 1 is 1.45 bits per heavy atom. The number of nitrogens with one attached hydrogen (secondary N) is 1. The third-order valence-corrected chi connectivity index (χ3v) is 3.98. The number of hydrogen-bond acceptors (Lipinski definition) is 4. The van der Waals surface area contributed by atoms with Gasteiger partial charge in [0.05, 0.1) is 11.2 Å². The molecule has 20 heavy (non-hydrogen) atoms. The second-order valence-corrected chi connectivity index (χ2v) is 6.98. The Morgan fingerprint density at radius 2 is 2.20 bits per heavy atom. The van der Waals surface area contributed by atoms with Crippen molar-refractivity contribution in [3.8, 4) is 5.75 Å². The van der Waals surface area contributed by atoms with Crippen molar-refractivity contribution in [1.82, 2.24) is 5.32 Å². The van der Waals surface area contributed by atoms with Crippen LogP contribution in [0.15, 0.2) is 39.4 Å². The first-order valence-corrected chi connectivity index (χ1v) is 7.82. The summed E-state index contributed by atoms with van der Waals surface area (Å²) in [5.74, 6) is 0.515. The van der Waals surface area contributed by atoms with Gasteiger partial charge in [-0.25, -0.2) is 0 Å². The monoisotopic (exact) mass is 369 g/mol. The first-order valence-electron chi connectivity index (χ1n) is 5.80. The molecule has 104 valence electrons. The molecule has 3 nitrogen and oxygen atoms in total. The van der Waals surface area contributed by atoms with E-state index in [2.05, 4.69) is 21.2 Å². The van der Waals surface area contributed by atoms with Crippen LogP contribution in [0.3, 0.4) is 0 Å². The molecular weight excluding hydrogens is 358 g/mol. The van der Waals surface area contributed by atoms with Crippen LogP contribution >= 0.6 is 39.9 Å². The zero-order valence-corrected chi connectivity index (χ0v) is 14.1. The van der Waals surface area contributed by atoms with Gasteiger partial charge >= 0.3 is 0 Å². The standard InChI is InChI=1S/C14H12BrNO2S2/c1-8(2)7-18-11-4-3-10(15)5-9(11)6-12-13(17)16-14(19)20-12/h3-7H,1-2H3,(H,16,17,19). The molecule has 1 aliphatic rings. The summed E-state index contributed by atoms with van der Waals surface area (Å²) in [5.41, 5.74) is 1.87. The summed E-state index contributed by atoms with van der Waals surface area (Å²) in [6.07, 6.45) is 3.45. The summed E-state index contributed by atoms with van der Waals surface area (Å²) in [6.45, 7) is 3.91. The summed E-state index contributed by atoms with van der Waals surface area (Å²) >= 11 is 9.65. The number of benzene rings is 1. The minimum atomic E-state index is -0.173. The summed E-state index contributed by atoms with van der Waals surface area (Å²) in [6, 6.07) is 5.64. The highest BCUT2D eigenvalue weighted by atomic mass is 79.9. The third kappa shape index (κ3) is 3.94. The number of hydrogen-bond donors (Lipinski definition) is 1. The van der Waals surface area contributed by atoms with Crippen LogP contribution in [0.25, 0.3) is 6.08 Å². The Balaban J connectivity index is 2.37. The van der Waals surface area contributed by atoms with Gasteiger partial charge in [0.25, 0.3) is 5.91 Å². The van der Waals surface area contributed by atoms with E-state index in [1.165, 1.54) is 11.8 Å². The quantitative estimate of drug-likeness (QED) is 0.491. The van der Waals surface area contributed by atoms with E-state index >= 15 is 0 Å². The molecule has 0 radical (unpaired) electrons. The van der Waals surface area contributed by atoms with Crippen molar-refractivity contribution < 1.29 is 9.53 Å². The average molecular weight is 370 g/mol. The number of rotatable bonds is 3. The van der Waals surface area contributed by atoms with Crippen molar-refractivity contribution in [1.29, 1.82) is 0 Å². The molecule has 0 spiro atoms. The van der Waals surface area contributed by atoms with Gasteiger partial charge in [0.1, 0.15) is 10.1 Å². The average Bonchev–Trinajstić information content (AvgIpc) is 2.66. The fraction of sp³-hybridized carbons (Fsp3) is 0.143. The van der Waals surface area contributed by atoms with E-state index in [0.717, 1.165) is 15.6 Å². The molecule has 1 heterocycles. The topological polar surface area (TPSA) is 38.3 Å². The zero-order valence-electron chi connectivity index (χ0n) is 10.9. The normalized spacial score (nSPS) is 16.2. The van der Waals surface area contributed by atoms with Crippen molar-refractivity contribution in [2.75, 3.05) is 0 Å². The molecule has 1 aromatic carbocycles. The second kappa shape index (κ2) is 6.56. The second-order valence-electron chi connectivity index (χ2n) is 4.35. The smallest absolute Gasteiger partial charge is 0.263 e. The van der Waals surface area contributed by atoms with Crippen LogP contribution in [0, 0.1) is 0 Å². The molecule has 1 aliphatic heterocycles. The molecule has 0 bridgehead atoms. The molecule has 0 atom stereocenters. The van der Waals surface area contributed by atoms with Crippen LogP contribution in [-0.2, 0) is 4.79 Å². The molecule has 0 aromatic heterocycles. The summed E-state index contributed by atoms with van der Waals surface area (Å²) < 4.78 is 7.02. The van der Waals surface area contributed by atoms with E-state index in [9.17, 15) is 4.79 Å². The maximum absolute atomic E-state index is 11.7. The van der Waals surface area contributed by atoms with Crippen molar-refractivity contribution in [2.45, 2.75) is 13.8 Å². The predicted octanol–water partition coefficient (Wildman–Crippen LogP) is 4.24. The molecule has 0 aliphatic carbocycles. The molecule has 2 rings (SSSR count). The van der Waals surface area contributed by atoms with Gasteiger partial charge < -0.3 is 10.1 Å². The van der Waals surface area contributed by atoms with Gasteiger partial charge in [-0.2, -0.15) is 0 Å². The number of amides is 1. The van der Waals surface area contributed by atoms with Gasteiger partial charge in [0.2, 0.25) is 0 Å². The molecule has 0 saturated carbocycles. The molecular formula is C14H12BrNO2S2. The van der Waals surface area contributed by atoms with Crippen molar-refractivity contribution in [3.63, 3.8) is 0 Å². The molecule has 0 unspecified atom stereocenters. The molecule has 1 amide bonds. The molecule has 1 aromatic rings.